The van der Waals surface area contributed by atoms with E-state index in [1.54, 1.807) is 18.2 Å². The fourth-order valence-corrected chi connectivity index (χ4v) is 6.49. The Balaban J connectivity index is 1.76. The fourth-order valence-electron chi connectivity index (χ4n) is 3.90. The monoisotopic (exact) mass is 394 g/mol. The number of fused-ring (bicyclic) bond motifs is 1. The van der Waals surface area contributed by atoms with Gasteiger partial charge in [0.25, 0.3) is 0 Å². The summed E-state index contributed by atoms with van der Waals surface area (Å²) in [5.41, 5.74) is 12.1. The molecular weight excluding hydrogens is 376 g/mol. The van der Waals surface area contributed by atoms with Crippen LogP contribution in [0.3, 0.4) is 0 Å². The lowest BCUT2D eigenvalue weighted by atomic mass is 9.99. The molecule has 1 heterocycles. The van der Waals surface area contributed by atoms with Crippen molar-refractivity contribution < 1.29 is 17.9 Å². The molecule has 26 heavy (non-hydrogen) atoms. The van der Waals surface area contributed by atoms with Crippen LogP contribution in [0.25, 0.3) is 0 Å². The number of halogens is 1. The predicted molar refractivity (Wildman–Crippen MR) is 98.3 cm³/mol. The molecule has 1 aliphatic carbocycles. The first-order valence-electron chi connectivity index (χ1n) is 8.23. The van der Waals surface area contributed by atoms with Crippen molar-refractivity contribution in [3.63, 3.8) is 0 Å². The second kappa shape index (κ2) is 6.13. The van der Waals surface area contributed by atoms with Gasteiger partial charge in [0.1, 0.15) is 0 Å². The average molecular weight is 395 g/mol. The van der Waals surface area contributed by atoms with Crippen LogP contribution in [0.1, 0.15) is 11.5 Å². The van der Waals surface area contributed by atoms with E-state index >= 15 is 0 Å². The van der Waals surface area contributed by atoms with E-state index in [-0.39, 0.29) is 30.7 Å². The van der Waals surface area contributed by atoms with Crippen LogP contribution >= 0.6 is 11.6 Å². The van der Waals surface area contributed by atoms with Gasteiger partial charge in [0.15, 0.2) is 21.3 Å². The topological polar surface area (TPSA) is 105 Å². The number of rotatable bonds is 5. The van der Waals surface area contributed by atoms with Gasteiger partial charge in [0.2, 0.25) is 6.79 Å². The first-order valence-corrected chi connectivity index (χ1v) is 10.2. The normalized spacial score (nSPS) is 23.0. The van der Waals surface area contributed by atoms with Crippen molar-refractivity contribution in [1.29, 1.82) is 0 Å². The maximum Gasteiger partial charge on any atom is 0.231 e. The number of sulfone groups is 1. The van der Waals surface area contributed by atoms with Gasteiger partial charge in [-0.05, 0) is 42.0 Å². The molecule has 0 aromatic heterocycles. The highest BCUT2D eigenvalue weighted by molar-refractivity contribution is 7.92. The van der Waals surface area contributed by atoms with Gasteiger partial charge >= 0.3 is 0 Å². The lowest BCUT2D eigenvalue weighted by molar-refractivity contribution is 0.174. The Labute approximate surface area is 157 Å². The molecule has 4 rings (SSSR count). The molecule has 6 nitrogen and oxygen atoms in total. The Morgan fingerprint density at radius 3 is 2.35 bits per heavy atom. The predicted octanol–water partition coefficient (Wildman–Crippen LogP) is 1.91. The van der Waals surface area contributed by atoms with Crippen molar-refractivity contribution in [2.45, 2.75) is 16.1 Å². The summed E-state index contributed by atoms with van der Waals surface area (Å²) in [5.74, 6) is 0.963. The minimum Gasteiger partial charge on any atom is -0.454 e. The standard InChI is InChI=1S/C18H19ClN2O4S/c19-12-2-4-13(5-3-12)26(22,23)17-16(18(17,8-20)9-21)11-1-6-14-15(7-11)25-10-24-14/h1-7,16-17H,8-10,20-21H2/t16-,17-/m0/s1. The molecule has 138 valence electrons. The zero-order chi connectivity index (χ0) is 18.5. The molecule has 2 aromatic rings. The molecule has 2 atom stereocenters. The molecule has 1 fully saturated rings. The van der Waals surface area contributed by atoms with Gasteiger partial charge < -0.3 is 20.9 Å². The number of ether oxygens (including phenoxy) is 2. The average Bonchev–Trinajstić information content (AvgIpc) is 3.12. The van der Waals surface area contributed by atoms with Crippen molar-refractivity contribution in [3.8, 4) is 11.5 Å². The molecule has 2 aliphatic rings. The van der Waals surface area contributed by atoms with E-state index < -0.39 is 20.5 Å². The number of hydrogen-bond acceptors (Lipinski definition) is 6. The number of benzene rings is 2. The molecule has 0 unspecified atom stereocenters. The summed E-state index contributed by atoms with van der Waals surface area (Å²) >= 11 is 5.89. The van der Waals surface area contributed by atoms with Gasteiger partial charge in [0, 0.05) is 29.4 Å². The quantitative estimate of drug-likeness (QED) is 0.802. The molecule has 8 heteroatoms. The molecule has 2 aromatic carbocycles. The maximum atomic E-state index is 13.2. The smallest absolute Gasteiger partial charge is 0.231 e. The zero-order valence-corrected chi connectivity index (χ0v) is 15.5. The minimum absolute atomic E-state index is 0.162. The number of hydrogen-bond donors (Lipinski definition) is 2. The van der Waals surface area contributed by atoms with E-state index in [1.807, 2.05) is 12.1 Å². The Morgan fingerprint density at radius 1 is 1.04 bits per heavy atom. The summed E-state index contributed by atoms with van der Waals surface area (Å²) in [4.78, 5) is 0.224. The SMILES string of the molecule is NCC1(CN)[C@@H](c2ccc3c(c2)OCO3)[C@@H]1S(=O)(=O)c1ccc(Cl)cc1. The highest BCUT2D eigenvalue weighted by Gasteiger charge is 2.69. The van der Waals surface area contributed by atoms with E-state index in [1.165, 1.54) is 12.1 Å². The minimum atomic E-state index is -3.62. The third kappa shape index (κ3) is 2.50. The summed E-state index contributed by atoms with van der Waals surface area (Å²) in [6.45, 7) is 0.523. The van der Waals surface area contributed by atoms with Crippen LogP contribution in [-0.2, 0) is 9.84 Å². The summed E-state index contributed by atoms with van der Waals surface area (Å²) in [6.07, 6.45) is 0. The van der Waals surface area contributed by atoms with Crippen LogP contribution in [-0.4, -0.2) is 33.6 Å². The van der Waals surface area contributed by atoms with Crippen LogP contribution in [0.4, 0.5) is 0 Å². The lowest BCUT2D eigenvalue weighted by Crippen LogP contribution is -2.31. The van der Waals surface area contributed by atoms with Gasteiger partial charge in [-0.15, -0.1) is 0 Å². The Kier molecular flexibility index (Phi) is 4.15. The molecular formula is C18H19ClN2O4S. The molecule has 1 saturated carbocycles. The third-order valence-corrected chi connectivity index (χ3v) is 7.96. The van der Waals surface area contributed by atoms with Crippen LogP contribution in [0.15, 0.2) is 47.4 Å². The van der Waals surface area contributed by atoms with Crippen molar-refractivity contribution in [2.75, 3.05) is 19.9 Å². The first kappa shape index (κ1) is 17.6. The van der Waals surface area contributed by atoms with E-state index in [0.717, 1.165) is 5.56 Å². The first-order chi connectivity index (χ1) is 12.4. The lowest BCUT2D eigenvalue weighted by Gasteiger charge is -2.13. The second-order valence-electron chi connectivity index (χ2n) is 6.65. The van der Waals surface area contributed by atoms with Crippen molar-refractivity contribution in [3.05, 3.63) is 53.1 Å². The maximum absolute atomic E-state index is 13.2. The third-order valence-electron chi connectivity index (χ3n) is 5.37. The van der Waals surface area contributed by atoms with Crippen molar-refractivity contribution in [2.24, 2.45) is 16.9 Å². The van der Waals surface area contributed by atoms with Gasteiger partial charge in [0.05, 0.1) is 10.1 Å². The summed E-state index contributed by atoms with van der Waals surface area (Å²) in [6, 6.07) is 11.6. The Bertz CT molecular complexity index is 942. The summed E-state index contributed by atoms with van der Waals surface area (Å²) in [5, 5.41) is -0.206. The highest BCUT2D eigenvalue weighted by Crippen LogP contribution is 2.63. The van der Waals surface area contributed by atoms with E-state index in [0.29, 0.717) is 16.5 Å². The highest BCUT2D eigenvalue weighted by atomic mass is 35.5. The van der Waals surface area contributed by atoms with Crippen molar-refractivity contribution in [1.82, 2.24) is 0 Å². The van der Waals surface area contributed by atoms with Gasteiger partial charge in [-0.25, -0.2) is 8.42 Å². The van der Waals surface area contributed by atoms with Crippen LogP contribution in [0, 0.1) is 5.41 Å². The molecule has 0 bridgehead atoms. The fraction of sp³-hybridized carbons (Fsp3) is 0.333. The molecule has 0 radical (unpaired) electrons. The van der Waals surface area contributed by atoms with Crippen LogP contribution < -0.4 is 20.9 Å². The summed E-state index contributed by atoms with van der Waals surface area (Å²) < 4.78 is 37.2. The Morgan fingerprint density at radius 2 is 1.69 bits per heavy atom. The van der Waals surface area contributed by atoms with Gasteiger partial charge in [-0.1, -0.05) is 17.7 Å². The zero-order valence-electron chi connectivity index (χ0n) is 13.9. The molecule has 0 amide bonds. The van der Waals surface area contributed by atoms with Gasteiger partial charge in [-0.2, -0.15) is 0 Å². The van der Waals surface area contributed by atoms with Crippen LogP contribution in [0.5, 0.6) is 11.5 Å². The summed E-state index contributed by atoms with van der Waals surface area (Å²) in [7, 11) is -3.62. The molecule has 0 saturated heterocycles. The van der Waals surface area contributed by atoms with Crippen molar-refractivity contribution >= 4 is 21.4 Å². The second-order valence-corrected chi connectivity index (χ2v) is 9.16. The van der Waals surface area contributed by atoms with Crippen LogP contribution in [0.2, 0.25) is 5.02 Å². The largest absolute Gasteiger partial charge is 0.454 e. The molecule has 4 N–H and O–H groups in total. The molecule has 0 spiro atoms. The van der Waals surface area contributed by atoms with E-state index in [4.69, 9.17) is 32.5 Å². The molecule has 1 aliphatic heterocycles. The van der Waals surface area contributed by atoms with E-state index in [9.17, 15) is 8.42 Å². The Hall–Kier alpha value is -1.80. The van der Waals surface area contributed by atoms with E-state index in [2.05, 4.69) is 0 Å². The number of nitrogens with two attached hydrogens (primary N) is 2. The van der Waals surface area contributed by atoms with Gasteiger partial charge in [-0.3, -0.25) is 0 Å².